The van der Waals surface area contributed by atoms with Gasteiger partial charge in [-0.3, -0.25) is 19.2 Å². The van der Waals surface area contributed by atoms with Gasteiger partial charge in [0.1, 0.15) is 68.7 Å². The molecule has 141 heavy (non-hydrogen) atoms. The summed E-state index contributed by atoms with van der Waals surface area (Å²) in [7, 11) is 0. The third kappa shape index (κ3) is 43.4. The average molecular weight is 1990 g/mol. The van der Waals surface area contributed by atoms with Gasteiger partial charge in [-0.25, -0.2) is 24.0 Å². The fourth-order valence-electron chi connectivity index (χ4n) is 17.8. The maximum absolute atomic E-state index is 14.0. The summed E-state index contributed by atoms with van der Waals surface area (Å²) in [6.45, 7) is 13.5. The molecule has 2 saturated heterocycles. The van der Waals surface area contributed by atoms with Crippen molar-refractivity contribution in [1.29, 1.82) is 0 Å². The van der Waals surface area contributed by atoms with Crippen LogP contribution in [-0.4, -0.2) is 249 Å². The summed E-state index contributed by atoms with van der Waals surface area (Å²) < 4.78 is 39.3. The summed E-state index contributed by atoms with van der Waals surface area (Å²) in [4.78, 5) is 116. The standard InChI is InChI=1S/C60H89N5O14.C45H79N5O12/c1-5-6-7-8-9-10-11-12-13-14-15-16-22-39(4)52(68)48(37-76-57-55(71)54(70)53(69)50(34-66)79-57)64-59(74)77-35-40-28-30-42(31-29-40)63-56(72)41(23-21-32-62-58(61)73)33-49(67)51(38(2)3)65-60(75)78-36-47-45-26-19-17-24-43(45)44-25-18-20-27-46(44)47;1-5-6-7-8-9-10-11-12-13-14-15-16-18-30(4)38(53)34(28-60-43-41(56)40(55)39(54)36(26-51)62-43)50-45(59)61-27-31-20-22-33(23-21-31)49-42(57)32(19-17-24-48-44(47)58)25-35(52)37(46)29(2)3/h17-20,24-31,38-39,41,47-48,50-55,57,66,68-71H,5-16,21-23,32-37H2,1-4H3,(H,63,72)(H,64,74)(H,65,75)(H3,61,62,73);20-23,29-30,32,34,36-41,43,51,53-56H,5-19,24-28,46H2,1-4H3,(H,49,57)(H,50,59)(H3,47,48,58)/t39-,41-,48+,50?,51+,52-,53+,54+,55?,57+;30-,32-,34+,36?,37+,38-,39+,40+,41?,43+/m11/s1. The third-order valence-electron chi connectivity index (χ3n) is 26.8. The number of hydrogen-bond donors (Lipinski definition) is 20. The van der Waals surface area contributed by atoms with E-state index in [0.29, 0.717) is 54.6 Å². The van der Waals surface area contributed by atoms with Crippen LogP contribution in [0, 0.1) is 35.5 Å². The zero-order valence-corrected chi connectivity index (χ0v) is 84.2. The maximum atomic E-state index is 14.0. The number of hydrogen-bond acceptors (Lipinski definition) is 27. The smallest absolute Gasteiger partial charge is 0.407 e. The fourth-order valence-corrected chi connectivity index (χ4v) is 17.8. The van der Waals surface area contributed by atoms with E-state index in [9.17, 15) is 94.2 Å². The molecule has 20 atom stereocenters. The number of carbonyl (C=O) groups is 9. The summed E-state index contributed by atoms with van der Waals surface area (Å²) in [6.07, 6.45) is 11.1. The number of anilines is 2. The Balaban J connectivity index is 0.000000446. The Morgan fingerprint density at radius 2 is 0.752 bits per heavy atom. The average Bonchev–Trinajstić information content (AvgIpc) is 1.60. The zero-order valence-electron chi connectivity index (χ0n) is 84.2. The van der Waals surface area contributed by atoms with E-state index in [-0.39, 0.29) is 112 Å². The Morgan fingerprint density at radius 3 is 1.10 bits per heavy atom. The van der Waals surface area contributed by atoms with Gasteiger partial charge in [-0.1, -0.05) is 282 Å². The van der Waals surface area contributed by atoms with Crippen LogP contribution in [-0.2, 0) is 65.5 Å². The van der Waals surface area contributed by atoms with Crippen LogP contribution < -0.4 is 54.4 Å². The summed E-state index contributed by atoms with van der Waals surface area (Å²) in [5.41, 5.74) is 22.7. The number of Topliss-reactive ketones (excluding diaryl/α,β-unsaturated/α-hetero) is 2. The van der Waals surface area contributed by atoms with Gasteiger partial charge in [0.25, 0.3) is 0 Å². The molecule has 3 aliphatic rings. The van der Waals surface area contributed by atoms with E-state index in [2.05, 4.69) is 51.1 Å². The first-order chi connectivity index (χ1) is 67.6. The van der Waals surface area contributed by atoms with Gasteiger partial charge in [0, 0.05) is 55.1 Å². The van der Waals surface area contributed by atoms with E-state index in [1.807, 2.05) is 76.2 Å². The Labute approximate surface area is 832 Å². The number of rotatable bonds is 67. The molecule has 1 aliphatic carbocycles. The highest BCUT2D eigenvalue weighted by Gasteiger charge is 2.47. The molecule has 9 amide bonds. The van der Waals surface area contributed by atoms with Gasteiger partial charge in [0.2, 0.25) is 11.8 Å². The minimum Gasteiger partial charge on any atom is -0.449 e. The van der Waals surface area contributed by atoms with Crippen LogP contribution in [0.15, 0.2) is 97.1 Å². The monoisotopic (exact) mass is 1990 g/mol. The molecule has 4 unspecified atom stereocenters. The number of unbranched alkanes of at least 4 members (excludes halogenated alkanes) is 22. The highest BCUT2D eigenvalue weighted by atomic mass is 16.7. The lowest BCUT2D eigenvalue weighted by Gasteiger charge is -2.40. The van der Waals surface area contributed by atoms with E-state index in [0.717, 1.165) is 67.2 Å². The molecule has 7 rings (SSSR count). The first kappa shape index (κ1) is 121. The normalized spacial score (nSPS) is 20.5. The number of ketones is 2. The SMILES string of the molecule is CCCCCCCCCCCCCC[C@@H](C)[C@@H](O)[C@H](CO[C@H]1OC(CO)[C@H](O)[C@H](O)C1O)NC(=O)OCc1ccc(NC(=O)[C@H](CCCNC(N)=O)CC(=O)[C@@H](N)C(C)C)cc1.CCCCCCCCCCCCCC[C@@H](C)[C@@H](O)[C@H](CO[C@H]1OC(CO)[C@H](O)[C@H](O)C1O)NC(=O)OCc1ccc(NC(=O)[C@H](CCCNC(N)=O)CC(=O)[C@@H](NC(=O)OCC2c3ccccc3-c3ccccc32)C(C)C)cc1. The maximum Gasteiger partial charge on any atom is 0.407 e. The van der Waals surface area contributed by atoms with Crippen LogP contribution in [0.3, 0.4) is 0 Å². The van der Waals surface area contributed by atoms with Gasteiger partial charge in [0.15, 0.2) is 24.1 Å². The number of urea groups is 2. The molecule has 2 fully saturated rings. The molecule has 0 bridgehead atoms. The zero-order chi connectivity index (χ0) is 103. The lowest BCUT2D eigenvalue weighted by molar-refractivity contribution is -0.303. The lowest BCUT2D eigenvalue weighted by Crippen LogP contribution is -2.60. The number of primary amides is 2. The van der Waals surface area contributed by atoms with E-state index < -0.39 is 159 Å². The van der Waals surface area contributed by atoms with Crippen LogP contribution in [0.25, 0.3) is 11.1 Å². The van der Waals surface area contributed by atoms with E-state index >= 15 is 0 Å². The Morgan fingerprint density at radius 1 is 0.404 bits per heavy atom. The van der Waals surface area contributed by atoms with Crippen molar-refractivity contribution in [2.24, 2.45) is 52.7 Å². The van der Waals surface area contributed by atoms with Crippen LogP contribution in [0.5, 0.6) is 0 Å². The predicted molar refractivity (Wildman–Crippen MR) is 535 cm³/mol. The van der Waals surface area contributed by atoms with Crippen molar-refractivity contribution < 1.29 is 127 Å². The molecule has 794 valence electrons. The number of benzene rings is 4. The molecule has 0 radical (unpaired) electrons. The van der Waals surface area contributed by atoms with Crippen molar-refractivity contribution in [3.63, 3.8) is 0 Å². The minimum absolute atomic E-state index is 0.0605. The largest absolute Gasteiger partial charge is 0.449 e. The van der Waals surface area contributed by atoms with Gasteiger partial charge in [0.05, 0.1) is 62.8 Å². The second-order valence-corrected chi connectivity index (χ2v) is 38.9. The minimum atomic E-state index is -1.68. The van der Waals surface area contributed by atoms with Crippen molar-refractivity contribution in [3.8, 4) is 11.1 Å². The topological polar surface area (TPSA) is 583 Å². The Bertz CT molecular complexity index is 4220. The third-order valence-corrected chi connectivity index (χ3v) is 26.8. The summed E-state index contributed by atoms with van der Waals surface area (Å²) in [5.74, 6) is -4.20. The van der Waals surface area contributed by atoms with Gasteiger partial charge >= 0.3 is 30.3 Å². The highest BCUT2D eigenvalue weighted by molar-refractivity contribution is 5.98. The molecule has 23 N–H and O–H groups in total. The number of carbonyl (C=O) groups excluding carboxylic acids is 9. The summed E-state index contributed by atoms with van der Waals surface area (Å²) in [5, 5.41) is 123. The Hall–Kier alpha value is -9.09. The number of ether oxygens (including phenoxy) is 7. The molecular weight excluding hydrogens is 1820 g/mol. The van der Waals surface area contributed by atoms with Gasteiger partial charge in [-0.15, -0.1) is 0 Å². The van der Waals surface area contributed by atoms with Gasteiger partial charge in [-0.2, -0.15) is 0 Å². The number of nitrogens with one attached hydrogen (secondary N) is 7. The van der Waals surface area contributed by atoms with E-state index in [1.54, 1.807) is 62.4 Å². The lowest BCUT2D eigenvalue weighted by atomic mass is 9.89. The molecule has 2 aliphatic heterocycles. The first-order valence-corrected chi connectivity index (χ1v) is 51.5. The number of amides is 9. The van der Waals surface area contributed by atoms with Crippen molar-refractivity contribution >= 4 is 65.1 Å². The molecule has 0 saturated carbocycles. The van der Waals surface area contributed by atoms with Crippen LogP contribution in [0.1, 0.15) is 289 Å². The second-order valence-electron chi connectivity index (χ2n) is 38.9. The number of nitrogens with two attached hydrogens (primary N) is 3. The molecule has 2 heterocycles. The number of aliphatic hydroxyl groups is 10. The Kier molecular flexibility index (Phi) is 57.1. The van der Waals surface area contributed by atoms with E-state index in [4.69, 9.17) is 50.4 Å². The van der Waals surface area contributed by atoms with Crippen molar-refractivity contribution in [3.05, 3.63) is 119 Å². The van der Waals surface area contributed by atoms with Crippen LogP contribution >= 0.6 is 0 Å². The quantitative estimate of drug-likeness (QED) is 0.0144. The molecule has 36 heteroatoms. The first-order valence-electron chi connectivity index (χ1n) is 51.5. The molecule has 0 aromatic heterocycles. The van der Waals surface area contributed by atoms with E-state index in [1.165, 1.54) is 109 Å². The van der Waals surface area contributed by atoms with Gasteiger partial charge < -0.3 is 139 Å². The number of fused-ring (bicyclic) bond motifs is 3. The van der Waals surface area contributed by atoms with Crippen LogP contribution in [0.4, 0.5) is 35.3 Å². The van der Waals surface area contributed by atoms with Crippen molar-refractivity contribution in [2.75, 3.05) is 56.8 Å². The molecule has 4 aromatic carbocycles. The van der Waals surface area contributed by atoms with Crippen molar-refractivity contribution in [2.45, 2.75) is 378 Å². The molecular formula is C105H168N10O26. The molecule has 0 spiro atoms. The molecule has 36 nitrogen and oxygen atoms in total. The van der Waals surface area contributed by atoms with Crippen molar-refractivity contribution in [1.82, 2.24) is 26.6 Å². The van der Waals surface area contributed by atoms with Gasteiger partial charge in [-0.05, 0) is 120 Å². The van der Waals surface area contributed by atoms with Crippen LogP contribution in [0.2, 0.25) is 0 Å². The number of alkyl carbamates (subject to hydrolysis) is 3. The summed E-state index contributed by atoms with van der Waals surface area (Å²) >= 11 is 0. The summed E-state index contributed by atoms with van der Waals surface area (Å²) in [6, 6.07) is 23.8. The highest BCUT2D eigenvalue weighted by Crippen LogP contribution is 2.45. The predicted octanol–water partition coefficient (Wildman–Crippen LogP) is 11.8. The fraction of sp³-hybridized carbons (Fsp3) is 0.686. The molecule has 4 aromatic rings. The second kappa shape index (κ2) is 66.8. The number of aliphatic hydroxyl groups excluding tert-OH is 10.